The van der Waals surface area contributed by atoms with E-state index in [0.717, 1.165) is 39.9 Å². The molecule has 0 saturated heterocycles. The second-order valence-corrected chi connectivity index (χ2v) is 7.32. The Hall–Kier alpha value is -3.99. The number of aldehydes is 1. The first-order valence-electron chi connectivity index (χ1n) is 9.57. The number of hydrogen-bond donors (Lipinski definition) is 0. The van der Waals surface area contributed by atoms with Crippen molar-refractivity contribution in [3.05, 3.63) is 89.5 Å². The summed E-state index contributed by atoms with van der Waals surface area (Å²) in [5.74, 6) is 0.606. The van der Waals surface area contributed by atoms with Crippen LogP contribution in [0.25, 0.3) is 27.9 Å². The van der Waals surface area contributed by atoms with Crippen molar-refractivity contribution in [1.82, 2.24) is 9.55 Å². The van der Waals surface area contributed by atoms with Crippen molar-refractivity contribution >= 4 is 12.1 Å². The van der Waals surface area contributed by atoms with Gasteiger partial charge in [0.1, 0.15) is 12.0 Å². The van der Waals surface area contributed by atoms with Crippen molar-refractivity contribution in [2.45, 2.75) is 6.92 Å². The number of carbonyl (C=O) groups excluding carboxylic acids is 2. The maximum atomic E-state index is 13.2. The summed E-state index contributed by atoms with van der Waals surface area (Å²) >= 11 is 0. The number of methoxy groups -OCH3 is 1. The Bertz CT molecular complexity index is 1320. The Morgan fingerprint density at radius 3 is 2.30 bits per heavy atom. The van der Waals surface area contributed by atoms with Crippen LogP contribution in [-0.4, -0.2) is 28.7 Å². The quantitative estimate of drug-likeness (QED) is 0.408. The minimum atomic E-state index is -0.0157. The van der Waals surface area contributed by atoms with Gasteiger partial charge in [0, 0.05) is 22.9 Å². The number of nitrogens with zero attached hydrogens (tertiary/aromatic N) is 2. The normalized spacial score (nSPS) is 11.9. The number of rotatable bonds is 4. The van der Waals surface area contributed by atoms with Crippen LogP contribution >= 0.6 is 0 Å². The smallest absolute Gasteiger partial charge is 0.194 e. The molecule has 3 aromatic carbocycles. The molecule has 5 nitrogen and oxygen atoms in total. The number of ketones is 1. The molecule has 0 fully saturated rings. The van der Waals surface area contributed by atoms with Gasteiger partial charge in [-0.3, -0.25) is 9.59 Å². The average Bonchev–Trinajstić information content (AvgIpc) is 3.34. The highest BCUT2D eigenvalue weighted by molar-refractivity contribution is 6.22. The zero-order valence-corrected chi connectivity index (χ0v) is 16.5. The fourth-order valence-corrected chi connectivity index (χ4v) is 3.94. The minimum absolute atomic E-state index is 0.0157. The van der Waals surface area contributed by atoms with Crippen molar-refractivity contribution < 1.29 is 14.3 Å². The lowest BCUT2D eigenvalue weighted by molar-refractivity contribution is 0.104. The third-order valence-corrected chi connectivity index (χ3v) is 5.49. The lowest BCUT2D eigenvalue weighted by Crippen LogP contribution is -2.00. The van der Waals surface area contributed by atoms with Crippen LogP contribution in [0.5, 0.6) is 5.75 Å². The summed E-state index contributed by atoms with van der Waals surface area (Å²) in [6.45, 7) is 1.93. The lowest BCUT2D eigenvalue weighted by Gasteiger charge is -2.12. The Morgan fingerprint density at radius 1 is 0.900 bits per heavy atom. The summed E-state index contributed by atoms with van der Waals surface area (Å²) < 4.78 is 7.47. The van der Waals surface area contributed by atoms with E-state index in [1.165, 1.54) is 0 Å². The summed E-state index contributed by atoms with van der Waals surface area (Å²) in [7, 11) is 1.60. The maximum Gasteiger partial charge on any atom is 0.194 e. The van der Waals surface area contributed by atoms with Gasteiger partial charge in [-0.15, -0.1) is 0 Å². The fraction of sp³-hybridized carbons (Fsp3) is 0.0800. The first kappa shape index (κ1) is 18.1. The molecule has 1 heterocycles. The van der Waals surface area contributed by atoms with Gasteiger partial charge >= 0.3 is 0 Å². The molecule has 0 aliphatic heterocycles. The van der Waals surface area contributed by atoms with E-state index in [4.69, 9.17) is 4.74 Å². The van der Waals surface area contributed by atoms with E-state index in [-0.39, 0.29) is 5.78 Å². The molecule has 0 atom stereocenters. The monoisotopic (exact) mass is 394 g/mol. The van der Waals surface area contributed by atoms with Crippen LogP contribution < -0.4 is 4.74 Å². The van der Waals surface area contributed by atoms with Gasteiger partial charge in [-0.05, 0) is 47.4 Å². The molecule has 0 amide bonds. The Morgan fingerprint density at radius 2 is 1.63 bits per heavy atom. The highest BCUT2D eigenvalue weighted by Gasteiger charge is 2.29. The predicted molar refractivity (Wildman–Crippen MR) is 115 cm³/mol. The summed E-state index contributed by atoms with van der Waals surface area (Å²) in [4.78, 5) is 28.4. The number of hydrogen-bond acceptors (Lipinski definition) is 4. The molecule has 0 N–H and O–H groups in total. The van der Waals surface area contributed by atoms with Crippen LogP contribution in [-0.2, 0) is 0 Å². The summed E-state index contributed by atoms with van der Waals surface area (Å²) in [6.07, 6.45) is 4.48. The Labute approximate surface area is 173 Å². The van der Waals surface area contributed by atoms with Gasteiger partial charge < -0.3 is 9.30 Å². The minimum Gasteiger partial charge on any atom is -0.495 e. The van der Waals surface area contributed by atoms with E-state index in [9.17, 15) is 9.59 Å². The van der Waals surface area contributed by atoms with E-state index in [2.05, 4.69) is 4.98 Å². The number of aromatic nitrogens is 2. The third-order valence-electron chi connectivity index (χ3n) is 5.49. The fourth-order valence-electron chi connectivity index (χ4n) is 3.94. The van der Waals surface area contributed by atoms with Crippen LogP contribution in [0.4, 0.5) is 0 Å². The largest absolute Gasteiger partial charge is 0.495 e. The van der Waals surface area contributed by atoms with Crippen LogP contribution in [0.15, 0.2) is 67.1 Å². The second-order valence-electron chi connectivity index (χ2n) is 7.32. The van der Waals surface area contributed by atoms with E-state index in [1.54, 1.807) is 31.6 Å². The molecule has 0 radical (unpaired) electrons. The molecule has 1 aliphatic carbocycles. The first-order valence-corrected chi connectivity index (χ1v) is 9.57. The predicted octanol–water partition coefficient (Wildman–Crippen LogP) is 4.88. The second kappa shape index (κ2) is 6.81. The van der Waals surface area contributed by atoms with Crippen molar-refractivity contribution in [1.29, 1.82) is 0 Å². The van der Waals surface area contributed by atoms with Crippen molar-refractivity contribution in [2.75, 3.05) is 7.11 Å². The number of carbonyl (C=O) groups is 2. The highest BCUT2D eigenvalue weighted by Crippen LogP contribution is 2.42. The highest BCUT2D eigenvalue weighted by atomic mass is 16.5. The molecule has 0 spiro atoms. The summed E-state index contributed by atoms with van der Waals surface area (Å²) in [5.41, 5.74) is 7.36. The van der Waals surface area contributed by atoms with Crippen molar-refractivity contribution in [3.8, 4) is 33.7 Å². The molecular formula is C25H18N2O3. The van der Waals surface area contributed by atoms with Gasteiger partial charge in [-0.25, -0.2) is 4.98 Å². The van der Waals surface area contributed by atoms with Gasteiger partial charge in [0.05, 0.1) is 24.8 Å². The molecule has 1 aliphatic rings. The molecule has 0 saturated carbocycles. The van der Waals surface area contributed by atoms with Crippen LogP contribution in [0.2, 0.25) is 0 Å². The SMILES string of the molecule is COc1cc2c(cc1-n1cnc(C)c1)-c1ccc(-c3ccc(C=O)cc3)cc1C2=O. The van der Waals surface area contributed by atoms with Crippen LogP contribution in [0.1, 0.15) is 32.0 Å². The maximum absolute atomic E-state index is 13.2. The Kier molecular flexibility index (Phi) is 4.10. The number of benzene rings is 3. The molecule has 5 heteroatoms. The third kappa shape index (κ3) is 2.75. The molecule has 1 aromatic heterocycles. The van der Waals surface area contributed by atoms with E-state index < -0.39 is 0 Å². The van der Waals surface area contributed by atoms with Crippen LogP contribution in [0.3, 0.4) is 0 Å². The van der Waals surface area contributed by atoms with Gasteiger partial charge in [0.25, 0.3) is 0 Å². The molecule has 146 valence electrons. The van der Waals surface area contributed by atoms with Gasteiger partial charge in [-0.1, -0.05) is 36.4 Å². The van der Waals surface area contributed by atoms with Crippen molar-refractivity contribution in [2.24, 2.45) is 0 Å². The summed E-state index contributed by atoms with van der Waals surface area (Å²) in [6, 6.07) is 17.0. The molecule has 5 rings (SSSR count). The summed E-state index contributed by atoms with van der Waals surface area (Å²) in [5, 5.41) is 0. The average molecular weight is 394 g/mol. The van der Waals surface area contributed by atoms with E-state index in [1.807, 2.05) is 54.1 Å². The molecule has 4 aromatic rings. The molecule has 0 unspecified atom stereocenters. The zero-order chi connectivity index (χ0) is 20.8. The van der Waals surface area contributed by atoms with Gasteiger partial charge in [-0.2, -0.15) is 0 Å². The number of imidazole rings is 1. The molecular weight excluding hydrogens is 376 g/mol. The topological polar surface area (TPSA) is 61.2 Å². The number of aryl methyl sites for hydroxylation is 1. The van der Waals surface area contributed by atoms with Gasteiger partial charge in [0.15, 0.2) is 5.78 Å². The van der Waals surface area contributed by atoms with E-state index >= 15 is 0 Å². The molecule has 30 heavy (non-hydrogen) atoms. The van der Waals surface area contributed by atoms with Gasteiger partial charge in [0.2, 0.25) is 0 Å². The Balaban J connectivity index is 1.63. The lowest BCUT2D eigenvalue weighted by atomic mass is 9.98. The standard InChI is InChI=1S/C25H18N2O3/c1-15-12-27(14-26-15)23-10-20-19-8-7-18(17-5-3-16(13-28)4-6-17)9-21(19)25(29)22(20)11-24(23)30-2/h3-14H,1-2H3. The number of ether oxygens (including phenoxy) is 1. The first-order chi connectivity index (χ1) is 14.6. The van der Waals surface area contributed by atoms with Crippen LogP contribution in [0, 0.1) is 6.92 Å². The zero-order valence-electron chi connectivity index (χ0n) is 16.5. The number of fused-ring (bicyclic) bond motifs is 3. The van der Waals surface area contributed by atoms with Crippen molar-refractivity contribution in [3.63, 3.8) is 0 Å². The van der Waals surface area contributed by atoms with E-state index in [0.29, 0.717) is 22.4 Å². The molecule has 0 bridgehead atoms.